The monoisotopic (exact) mass is 231 g/mol. The summed E-state index contributed by atoms with van der Waals surface area (Å²) in [5.74, 6) is 0.571. The van der Waals surface area contributed by atoms with E-state index in [0.29, 0.717) is 5.92 Å². The van der Waals surface area contributed by atoms with Crippen molar-refractivity contribution in [2.24, 2.45) is 0 Å². The Labute approximate surface area is 106 Å². The smallest absolute Gasteiger partial charge is 0.0443 e. The number of rotatable bonds is 4. The lowest BCUT2D eigenvalue weighted by Gasteiger charge is -2.26. The quantitative estimate of drug-likeness (QED) is 0.729. The van der Waals surface area contributed by atoms with Crippen molar-refractivity contribution in [1.29, 1.82) is 0 Å². The van der Waals surface area contributed by atoms with Crippen molar-refractivity contribution >= 4 is 5.69 Å². The lowest BCUT2D eigenvalue weighted by atomic mass is 9.92. The lowest BCUT2D eigenvalue weighted by molar-refractivity contribution is 0.839. The zero-order valence-corrected chi connectivity index (χ0v) is 12.1. The van der Waals surface area contributed by atoms with Gasteiger partial charge in [0, 0.05) is 18.4 Å². The van der Waals surface area contributed by atoms with Crippen LogP contribution in [0.2, 0.25) is 0 Å². The number of hydrogen-bond donors (Lipinski definition) is 0. The van der Waals surface area contributed by atoms with Crippen molar-refractivity contribution in [3.8, 4) is 0 Å². The Morgan fingerprint density at radius 3 is 2.35 bits per heavy atom. The highest BCUT2D eigenvalue weighted by Crippen LogP contribution is 2.31. The highest BCUT2D eigenvalue weighted by molar-refractivity contribution is 5.61. The predicted molar refractivity (Wildman–Crippen MR) is 77.9 cm³/mol. The second kappa shape index (κ2) is 5.39. The van der Waals surface area contributed by atoms with Crippen LogP contribution < -0.4 is 4.90 Å². The van der Waals surface area contributed by atoms with Gasteiger partial charge in [-0.25, -0.2) is 0 Å². The third-order valence-corrected chi connectivity index (χ3v) is 3.31. The lowest BCUT2D eigenvalue weighted by Crippen LogP contribution is -2.16. The average Bonchev–Trinajstić information content (AvgIpc) is 2.26. The molecule has 0 saturated carbocycles. The molecule has 0 amide bonds. The van der Waals surface area contributed by atoms with E-state index in [-0.39, 0.29) is 0 Å². The van der Waals surface area contributed by atoms with Crippen LogP contribution in [-0.2, 0) is 6.42 Å². The summed E-state index contributed by atoms with van der Waals surface area (Å²) >= 11 is 0. The summed E-state index contributed by atoms with van der Waals surface area (Å²) in [5.41, 5.74) is 6.64. The van der Waals surface area contributed by atoms with Gasteiger partial charge in [-0.3, -0.25) is 0 Å². The largest absolute Gasteiger partial charge is 0.349 e. The van der Waals surface area contributed by atoms with Crippen molar-refractivity contribution in [3.05, 3.63) is 41.1 Å². The van der Waals surface area contributed by atoms with E-state index in [9.17, 15) is 0 Å². The van der Waals surface area contributed by atoms with Crippen molar-refractivity contribution in [1.82, 2.24) is 0 Å². The molecule has 0 aliphatic rings. The van der Waals surface area contributed by atoms with E-state index in [2.05, 4.69) is 65.3 Å². The van der Waals surface area contributed by atoms with Crippen LogP contribution in [0.3, 0.4) is 0 Å². The fourth-order valence-electron chi connectivity index (χ4n) is 2.23. The second-order valence-electron chi connectivity index (χ2n) is 5.15. The first-order valence-electron chi connectivity index (χ1n) is 6.41. The Hall–Kier alpha value is -1.24. The van der Waals surface area contributed by atoms with Crippen LogP contribution in [0.25, 0.3) is 0 Å². The van der Waals surface area contributed by atoms with Crippen molar-refractivity contribution in [3.63, 3.8) is 0 Å². The Morgan fingerprint density at radius 2 is 1.94 bits per heavy atom. The van der Waals surface area contributed by atoms with Crippen LogP contribution >= 0.6 is 0 Å². The van der Waals surface area contributed by atoms with E-state index in [1.165, 1.54) is 22.4 Å². The molecule has 1 heteroatoms. The summed E-state index contributed by atoms with van der Waals surface area (Å²) < 4.78 is 0. The van der Waals surface area contributed by atoms with E-state index in [4.69, 9.17) is 0 Å². The normalized spacial score (nSPS) is 10.8. The minimum absolute atomic E-state index is 0.571. The molecular weight excluding hydrogens is 206 g/mol. The summed E-state index contributed by atoms with van der Waals surface area (Å²) in [4.78, 5) is 2.19. The molecule has 0 N–H and O–H groups in total. The zero-order chi connectivity index (χ0) is 13.2. The van der Waals surface area contributed by atoms with Crippen molar-refractivity contribution < 1.29 is 0 Å². The Balaban J connectivity index is 3.43. The van der Waals surface area contributed by atoms with E-state index in [1.54, 1.807) is 0 Å². The predicted octanol–water partition coefficient (Wildman–Crippen LogP) is 4.65. The summed E-state index contributed by atoms with van der Waals surface area (Å²) in [6.45, 7) is 15.0. The van der Waals surface area contributed by atoms with Crippen molar-refractivity contribution in [2.45, 2.75) is 47.0 Å². The first-order valence-corrected chi connectivity index (χ1v) is 6.41. The van der Waals surface area contributed by atoms with Gasteiger partial charge in [0.05, 0.1) is 0 Å². The minimum atomic E-state index is 0.571. The Bertz CT molecular complexity index is 416. The van der Waals surface area contributed by atoms with Gasteiger partial charge >= 0.3 is 0 Å². The summed E-state index contributed by atoms with van der Waals surface area (Å²) in [7, 11) is 2.10. The molecule has 1 aromatic carbocycles. The van der Waals surface area contributed by atoms with Crippen LogP contribution in [0.5, 0.6) is 0 Å². The molecule has 0 unspecified atom stereocenters. The molecule has 0 radical (unpaired) electrons. The van der Waals surface area contributed by atoms with Gasteiger partial charge in [-0.1, -0.05) is 33.4 Å². The highest BCUT2D eigenvalue weighted by Gasteiger charge is 2.14. The zero-order valence-electron chi connectivity index (χ0n) is 12.1. The average molecular weight is 231 g/mol. The third-order valence-electron chi connectivity index (χ3n) is 3.31. The highest BCUT2D eigenvalue weighted by atomic mass is 15.1. The maximum atomic E-state index is 4.04. The maximum absolute atomic E-state index is 4.04. The molecule has 1 rings (SSSR count). The molecular formula is C16H25N. The molecule has 0 aliphatic heterocycles. The Kier molecular flexibility index (Phi) is 4.39. The first-order chi connectivity index (χ1) is 7.88. The number of nitrogens with zero attached hydrogens (tertiary/aromatic N) is 1. The molecule has 1 nitrogen and oxygen atoms in total. The number of anilines is 1. The molecule has 0 fully saturated rings. The topological polar surface area (TPSA) is 3.24 Å². The molecule has 1 aromatic rings. The van der Waals surface area contributed by atoms with Crippen LogP contribution in [0, 0.1) is 6.92 Å². The second-order valence-corrected chi connectivity index (χ2v) is 5.15. The van der Waals surface area contributed by atoms with Crippen LogP contribution in [0.15, 0.2) is 24.4 Å². The third kappa shape index (κ3) is 2.91. The SMILES string of the molecule is C=C(C)N(C)c1cc(C)cc(C(C)C)c1CC. The molecule has 0 atom stereocenters. The van der Waals surface area contributed by atoms with Gasteiger partial charge in [-0.15, -0.1) is 0 Å². The van der Waals surface area contributed by atoms with Crippen molar-refractivity contribution in [2.75, 3.05) is 11.9 Å². The number of hydrogen-bond acceptors (Lipinski definition) is 1. The number of benzene rings is 1. The molecule has 0 bridgehead atoms. The van der Waals surface area contributed by atoms with Gasteiger partial charge in [0.25, 0.3) is 0 Å². The number of allylic oxidation sites excluding steroid dienone is 1. The number of aryl methyl sites for hydroxylation is 1. The summed E-state index contributed by atoms with van der Waals surface area (Å²) in [6.07, 6.45) is 1.07. The van der Waals surface area contributed by atoms with Crippen LogP contribution in [0.4, 0.5) is 5.69 Å². The van der Waals surface area contributed by atoms with Crippen LogP contribution in [-0.4, -0.2) is 7.05 Å². The van der Waals surface area contributed by atoms with E-state index < -0.39 is 0 Å². The van der Waals surface area contributed by atoms with Gasteiger partial charge in [0.2, 0.25) is 0 Å². The molecule has 0 saturated heterocycles. The molecule has 0 aliphatic carbocycles. The summed E-state index contributed by atoms with van der Waals surface area (Å²) in [5, 5.41) is 0. The van der Waals surface area contributed by atoms with Crippen LogP contribution in [0.1, 0.15) is 50.3 Å². The fourth-order valence-corrected chi connectivity index (χ4v) is 2.23. The van der Waals surface area contributed by atoms with Gasteiger partial charge in [0.15, 0.2) is 0 Å². The van der Waals surface area contributed by atoms with Gasteiger partial charge in [-0.2, -0.15) is 0 Å². The molecule has 0 heterocycles. The van der Waals surface area contributed by atoms with Gasteiger partial charge in [-0.05, 0) is 48.9 Å². The van der Waals surface area contributed by atoms with E-state index in [1.807, 2.05) is 0 Å². The summed E-state index contributed by atoms with van der Waals surface area (Å²) in [6, 6.07) is 4.58. The van der Waals surface area contributed by atoms with E-state index in [0.717, 1.165) is 12.1 Å². The molecule has 0 spiro atoms. The van der Waals surface area contributed by atoms with Gasteiger partial charge in [0.1, 0.15) is 0 Å². The standard InChI is InChI=1S/C16H25N/c1-8-14-15(11(2)3)9-13(6)10-16(14)17(7)12(4)5/h9-11H,4,8H2,1-3,5-7H3. The maximum Gasteiger partial charge on any atom is 0.0443 e. The molecule has 17 heavy (non-hydrogen) atoms. The minimum Gasteiger partial charge on any atom is -0.349 e. The Morgan fingerprint density at radius 1 is 1.35 bits per heavy atom. The molecule has 94 valence electrons. The van der Waals surface area contributed by atoms with E-state index >= 15 is 0 Å². The van der Waals surface area contributed by atoms with Gasteiger partial charge < -0.3 is 4.90 Å². The fraction of sp³-hybridized carbons (Fsp3) is 0.500. The first kappa shape index (κ1) is 13.8. The molecule has 0 aromatic heterocycles.